The summed E-state index contributed by atoms with van der Waals surface area (Å²) in [5.41, 5.74) is 1.41. The first-order valence-electron chi connectivity index (χ1n) is 11.1. The summed E-state index contributed by atoms with van der Waals surface area (Å²) in [7, 11) is 1.75. The molecule has 0 spiro atoms. The summed E-state index contributed by atoms with van der Waals surface area (Å²) in [5.74, 6) is -4.52. The molecule has 7 nitrogen and oxygen atoms in total. The van der Waals surface area contributed by atoms with Crippen molar-refractivity contribution in [3.63, 3.8) is 0 Å². The van der Waals surface area contributed by atoms with Gasteiger partial charge in [-0.1, -0.05) is 30.3 Å². The number of amides is 2. The second-order valence-electron chi connectivity index (χ2n) is 9.46. The maximum absolute atomic E-state index is 14.8. The Labute approximate surface area is 193 Å². The lowest BCUT2D eigenvalue weighted by Gasteiger charge is -2.26. The Balaban J connectivity index is 1.63. The standard InChI is InChI=1S/C24H32F2N4O3/c1-23(2,3)33-22(32)30-12-10-18(24(25,26)11-13-30)15-27-21(31)19-16-28-29(4)20(19)14-17-8-6-5-7-9-17/h5-9,16,18H,10-15H2,1-4H3,(H,27,31). The number of carbonyl (C=O) groups excluding carboxylic acids is 2. The van der Waals surface area contributed by atoms with Gasteiger partial charge in [-0.2, -0.15) is 5.10 Å². The number of nitrogens with zero attached hydrogens (tertiary/aromatic N) is 3. The predicted octanol–water partition coefficient (Wildman–Crippen LogP) is 4.02. The van der Waals surface area contributed by atoms with Crippen molar-refractivity contribution < 1.29 is 23.1 Å². The number of halogens is 2. The molecule has 9 heteroatoms. The molecule has 0 saturated carbocycles. The van der Waals surface area contributed by atoms with E-state index >= 15 is 0 Å². The fourth-order valence-corrected chi connectivity index (χ4v) is 3.85. The number of alkyl halides is 2. The number of aromatic nitrogens is 2. The lowest BCUT2D eigenvalue weighted by atomic mass is 9.96. The molecule has 1 aliphatic heterocycles. The van der Waals surface area contributed by atoms with E-state index in [2.05, 4.69) is 10.4 Å². The van der Waals surface area contributed by atoms with E-state index in [1.165, 1.54) is 11.1 Å². The lowest BCUT2D eigenvalue weighted by molar-refractivity contribution is -0.0597. The molecule has 1 fully saturated rings. The average Bonchev–Trinajstić information content (AvgIpc) is 3.00. The van der Waals surface area contributed by atoms with Gasteiger partial charge in [0.15, 0.2) is 0 Å². The van der Waals surface area contributed by atoms with Crippen LogP contribution in [0.3, 0.4) is 0 Å². The molecular weight excluding hydrogens is 430 g/mol. The molecule has 2 heterocycles. The van der Waals surface area contributed by atoms with Crippen molar-refractivity contribution in [3.05, 3.63) is 53.3 Å². The number of nitrogens with one attached hydrogen (secondary N) is 1. The summed E-state index contributed by atoms with van der Waals surface area (Å²) in [6, 6.07) is 9.66. The zero-order chi connectivity index (χ0) is 24.2. The summed E-state index contributed by atoms with van der Waals surface area (Å²) in [4.78, 5) is 26.5. The van der Waals surface area contributed by atoms with Gasteiger partial charge in [-0.15, -0.1) is 0 Å². The van der Waals surface area contributed by atoms with Crippen LogP contribution in [0.5, 0.6) is 0 Å². The smallest absolute Gasteiger partial charge is 0.410 e. The molecule has 180 valence electrons. The molecule has 1 aromatic carbocycles. The Morgan fingerprint density at radius 2 is 1.91 bits per heavy atom. The van der Waals surface area contributed by atoms with Gasteiger partial charge in [-0.25, -0.2) is 13.6 Å². The summed E-state index contributed by atoms with van der Waals surface area (Å²) >= 11 is 0. The second kappa shape index (κ2) is 9.89. The summed E-state index contributed by atoms with van der Waals surface area (Å²) < 4.78 is 36.5. The van der Waals surface area contributed by atoms with E-state index in [-0.39, 0.29) is 26.1 Å². The summed E-state index contributed by atoms with van der Waals surface area (Å²) in [6.07, 6.45) is 0.965. The van der Waals surface area contributed by atoms with Gasteiger partial charge < -0.3 is 15.0 Å². The Morgan fingerprint density at radius 1 is 1.21 bits per heavy atom. The molecule has 1 unspecified atom stereocenters. The highest BCUT2D eigenvalue weighted by molar-refractivity contribution is 5.95. The van der Waals surface area contributed by atoms with Crippen LogP contribution in [-0.2, 0) is 18.2 Å². The van der Waals surface area contributed by atoms with E-state index in [0.29, 0.717) is 17.7 Å². The summed E-state index contributed by atoms with van der Waals surface area (Å²) in [6.45, 7) is 5.08. The maximum atomic E-state index is 14.8. The molecule has 1 aliphatic rings. The number of ether oxygens (including phenoxy) is 1. The number of hydrogen-bond donors (Lipinski definition) is 1. The fraction of sp³-hybridized carbons (Fsp3) is 0.542. The van der Waals surface area contributed by atoms with Crippen LogP contribution in [-0.4, -0.2) is 57.8 Å². The molecular formula is C24H32F2N4O3. The third kappa shape index (κ3) is 6.52. The van der Waals surface area contributed by atoms with Crippen molar-refractivity contribution in [2.45, 2.75) is 51.6 Å². The third-order valence-electron chi connectivity index (χ3n) is 5.74. The van der Waals surface area contributed by atoms with E-state index in [1.807, 2.05) is 30.3 Å². The van der Waals surface area contributed by atoms with E-state index in [0.717, 1.165) is 5.56 Å². The number of carbonyl (C=O) groups is 2. The fourth-order valence-electron chi connectivity index (χ4n) is 3.85. The molecule has 3 rings (SSSR count). The van der Waals surface area contributed by atoms with Crippen molar-refractivity contribution in [2.75, 3.05) is 19.6 Å². The molecule has 1 aromatic heterocycles. The first-order valence-corrected chi connectivity index (χ1v) is 11.1. The Bertz CT molecular complexity index is 970. The highest BCUT2D eigenvalue weighted by Crippen LogP contribution is 2.34. The van der Waals surface area contributed by atoms with Gasteiger partial charge in [0.1, 0.15) is 5.60 Å². The first-order chi connectivity index (χ1) is 15.5. The van der Waals surface area contributed by atoms with Crippen molar-refractivity contribution in [2.24, 2.45) is 13.0 Å². The van der Waals surface area contributed by atoms with E-state index in [9.17, 15) is 18.4 Å². The van der Waals surface area contributed by atoms with Gasteiger partial charge in [0, 0.05) is 45.4 Å². The second-order valence-corrected chi connectivity index (χ2v) is 9.46. The summed E-state index contributed by atoms with van der Waals surface area (Å²) in [5, 5.41) is 6.85. The minimum absolute atomic E-state index is 0.0659. The molecule has 0 aliphatic carbocycles. The maximum Gasteiger partial charge on any atom is 0.410 e. The molecule has 1 atom stereocenters. The van der Waals surface area contributed by atoms with Crippen LogP contribution >= 0.6 is 0 Å². The monoisotopic (exact) mass is 462 g/mol. The minimum Gasteiger partial charge on any atom is -0.444 e. The quantitative estimate of drug-likeness (QED) is 0.728. The number of hydrogen-bond acceptors (Lipinski definition) is 4. The van der Waals surface area contributed by atoms with E-state index < -0.39 is 35.9 Å². The lowest BCUT2D eigenvalue weighted by Crippen LogP contribution is -2.39. The Kier molecular flexibility index (Phi) is 7.39. The van der Waals surface area contributed by atoms with Crippen LogP contribution in [0, 0.1) is 5.92 Å². The van der Waals surface area contributed by atoms with Crippen LogP contribution in [0.1, 0.15) is 55.2 Å². The van der Waals surface area contributed by atoms with Crippen molar-refractivity contribution in [1.82, 2.24) is 20.0 Å². The number of benzene rings is 1. The highest BCUT2D eigenvalue weighted by Gasteiger charge is 2.43. The van der Waals surface area contributed by atoms with Gasteiger partial charge in [-0.3, -0.25) is 9.48 Å². The van der Waals surface area contributed by atoms with Crippen LogP contribution in [0.15, 0.2) is 36.5 Å². The average molecular weight is 463 g/mol. The SMILES string of the molecule is Cn1ncc(C(=O)NCC2CCN(C(=O)OC(C)(C)C)CCC2(F)F)c1Cc1ccccc1. The first kappa shape index (κ1) is 24.7. The largest absolute Gasteiger partial charge is 0.444 e. The molecule has 2 amide bonds. The van der Waals surface area contributed by atoms with Gasteiger partial charge in [0.2, 0.25) is 0 Å². The molecule has 0 bridgehead atoms. The van der Waals surface area contributed by atoms with Crippen molar-refractivity contribution in [3.8, 4) is 0 Å². The zero-order valence-corrected chi connectivity index (χ0v) is 19.6. The third-order valence-corrected chi connectivity index (χ3v) is 5.74. The normalized spacial score (nSPS) is 18.5. The Hall–Kier alpha value is -2.97. The molecule has 33 heavy (non-hydrogen) atoms. The van der Waals surface area contributed by atoms with E-state index in [4.69, 9.17) is 4.74 Å². The van der Waals surface area contributed by atoms with Crippen LogP contribution in [0.2, 0.25) is 0 Å². The van der Waals surface area contributed by atoms with Gasteiger partial charge in [-0.05, 0) is 32.8 Å². The highest BCUT2D eigenvalue weighted by atomic mass is 19.3. The molecule has 0 radical (unpaired) electrons. The van der Waals surface area contributed by atoms with Crippen molar-refractivity contribution in [1.29, 1.82) is 0 Å². The number of likely N-dealkylation sites (tertiary alicyclic amines) is 1. The van der Waals surface area contributed by atoms with Crippen LogP contribution in [0.25, 0.3) is 0 Å². The van der Waals surface area contributed by atoms with E-state index in [1.54, 1.807) is 32.5 Å². The van der Waals surface area contributed by atoms with Crippen LogP contribution < -0.4 is 5.32 Å². The molecule has 2 aromatic rings. The number of rotatable bonds is 5. The Morgan fingerprint density at radius 3 is 2.58 bits per heavy atom. The van der Waals surface area contributed by atoms with Crippen molar-refractivity contribution >= 4 is 12.0 Å². The van der Waals surface area contributed by atoms with Gasteiger partial charge in [0.05, 0.1) is 17.5 Å². The molecule has 1 saturated heterocycles. The minimum atomic E-state index is -3.01. The number of aryl methyl sites for hydroxylation is 1. The zero-order valence-electron chi connectivity index (χ0n) is 19.6. The van der Waals surface area contributed by atoms with Gasteiger partial charge >= 0.3 is 6.09 Å². The topological polar surface area (TPSA) is 76.5 Å². The van der Waals surface area contributed by atoms with Crippen LogP contribution in [0.4, 0.5) is 13.6 Å². The molecule has 1 N–H and O–H groups in total. The predicted molar refractivity (Wildman–Crippen MR) is 120 cm³/mol. The van der Waals surface area contributed by atoms with Gasteiger partial charge in [0.25, 0.3) is 11.8 Å².